The lowest BCUT2D eigenvalue weighted by Crippen LogP contribution is -1.91. The van der Waals surface area contributed by atoms with Crippen LogP contribution >= 0.6 is 34.5 Å². The first-order chi connectivity index (χ1) is 5.09. The van der Waals surface area contributed by atoms with Gasteiger partial charge in [-0.05, 0) is 11.6 Å². The molecule has 0 bridgehead atoms. The maximum Gasteiger partial charge on any atom is 0.0985 e. The summed E-state index contributed by atoms with van der Waals surface area (Å²) < 4.78 is 21.4. The van der Waals surface area contributed by atoms with E-state index < -0.39 is 11.1 Å². The largest absolute Gasteiger partial charge is 0.772 e. The Morgan fingerprint density at radius 1 is 1.64 bits per heavy atom. The van der Waals surface area contributed by atoms with Crippen molar-refractivity contribution in [2.75, 3.05) is 0 Å². The molecule has 2 nitrogen and oxygen atoms in total. The third-order valence-electron chi connectivity index (χ3n) is 1.00. The van der Waals surface area contributed by atoms with E-state index in [1.165, 1.54) is 11.3 Å². The molecule has 1 atom stereocenters. The third-order valence-corrected chi connectivity index (χ3v) is 3.12. The molecule has 0 saturated heterocycles. The molecule has 0 N–H and O–H groups in total. The Hall–Kier alpha value is 0.390. The van der Waals surface area contributed by atoms with Crippen LogP contribution in [0, 0.1) is 0 Å². The van der Waals surface area contributed by atoms with Crippen molar-refractivity contribution < 1.29 is 8.76 Å². The lowest BCUT2D eigenvalue weighted by molar-refractivity contribution is 0.536. The number of thiophene rings is 1. The Balaban J connectivity index is 2.85. The molecule has 1 rings (SSSR count). The van der Waals surface area contributed by atoms with Gasteiger partial charge in [0.15, 0.2) is 0 Å². The minimum atomic E-state index is -2.10. The van der Waals surface area contributed by atoms with Gasteiger partial charge in [0.2, 0.25) is 0 Å². The maximum absolute atomic E-state index is 10.2. The summed E-state index contributed by atoms with van der Waals surface area (Å²) in [5, 5.41) is 0. The second-order valence-electron chi connectivity index (χ2n) is 1.80. The van der Waals surface area contributed by atoms with E-state index in [1.807, 2.05) is 0 Å². The van der Waals surface area contributed by atoms with E-state index in [4.69, 9.17) is 23.2 Å². The summed E-state index contributed by atoms with van der Waals surface area (Å²) in [6.07, 6.45) is 0. The second kappa shape index (κ2) is 3.87. The van der Waals surface area contributed by atoms with Crippen LogP contribution in [0.25, 0.3) is 0 Å². The van der Waals surface area contributed by atoms with Crippen LogP contribution in [-0.2, 0) is 16.8 Å². The topological polar surface area (TPSA) is 40.1 Å². The summed E-state index contributed by atoms with van der Waals surface area (Å²) in [7, 11) is 0. The molecule has 0 aliphatic carbocycles. The van der Waals surface area contributed by atoms with Crippen molar-refractivity contribution in [2.45, 2.75) is 5.75 Å². The van der Waals surface area contributed by atoms with Gasteiger partial charge in [0.25, 0.3) is 0 Å². The Kier molecular flexibility index (Phi) is 3.33. The SMILES string of the molecule is O=S([O-])Cc1cc(Cl)sc1Cl. The lowest BCUT2D eigenvalue weighted by atomic mass is 10.4. The summed E-state index contributed by atoms with van der Waals surface area (Å²) in [6.45, 7) is 0. The molecule has 0 saturated carbocycles. The predicted octanol–water partition coefficient (Wildman–Crippen LogP) is 2.43. The zero-order chi connectivity index (χ0) is 8.43. The minimum Gasteiger partial charge on any atom is -0.772 e. The average Bonchev–Trinajstić information content (AvgIpc) is 2.09. The molecule has 0 radical (unpaired) electrons. The highest BCUT2D eigenvalue weighted by molar-refractivity contribution is 7.78. The normalized spacial score (nSPS) is 13.4. The first-order valence-corrected chi connectivity index (χ1v) is 5.41. The van der Waals surface area contributed by atoms with Gasteiger partial charge in [0, 0.05) is 5.75 Å². The molecule has 1 aromatic rings. The number of hydrogen-bond acceptors (Lipinski definition) is 3. The van der Waals surface area contributed by atoms with Gasteiger partial charge in [-0.1, -0.05) is 34.3 Å². The van der Waals surface area contributed by atoms with Gasteiger partial charge in [-0.25, -0.2) is 0 Å². The van der Waals surface area contributed by atoms with Gasteiger partial charge >= 0.3 is 0 Å². The van der Waals surface area contributed by atoms with E-state index >= 15 is 0 Å². The molecule has 11 heavy (non-hydrogen) atoms. The maximum atomic E-state index is 10.2. The van der Waals surface area contributed by atoms with Crippen LogP contribution in [-0.4, -0.2) is 8.76 Å². The van der Waals surface area contributed by atoms with Crippen molar-refractivity contribution in [1.82, 2.24) is 0 Å². The highest BCUT2D eigenvalue weighted by Crippen LogP contribution is 2.31. The summed E-state index contributed by atoms with van der Waals surface area (Å²) in [5.41, 5.74) is 0.565. The minimum absolute atomic E-state index is 0.0674. The monoisotopic (exact) mass is 229 g/mol. The number of hydrogen-bond donors (Lipinski definition) is 0. The van der Waals surface area contributed by atoms with Crippen molar-refractivity contribution in [3.63, 3.8) is 0 Å². The predicted molar refractivity (Wildman–Crippen MR) is 47.0 cm³/mol. The number of rotatable bonds is 2. The smallest absolute Gasteiger partial charge is 0.0985 e. The van der Waals surface area contributed by atoms with Crippen LogP contribution < -0.4 is 0 Å². The highest BCUT2D eigenvalue weighted by atomic mass is 35.5. The Morgan fingerprint density at radius 3 is 2.64 bits per heavy atom. The average molecular weight is 230 g/mol. The van der Waals surface area contributed by atoms with Gasteiger partial charge in [0.1, 0.15) is 0 Å². The van der Waals surface area contributed by atoms with Gasteiger partial charge < -0.3 is 4.55 Å². The van der Waals surface area contributed by atoms with Gasteiger partial charge in [0.05, 0.1) is 8.67 Å². The van der Waals surface area contributed by atoms with E-state index in [9.17, 15) is 8.76 Å². The fourth-order valence-corrected chi connectivity index (χ4v) is 2.74. The first-order valence-electron chi connectivity index (χ1n) is 2.59. The van der Waals surface area contributed by atoms with E-state index in [-0.39, 0.29) is 5.75 Å². The molecule has 0 fully saturated rings. The van der Waals surface area contributed by atoms with Crippen molar-refractivity contribution in [3.8, 4) is 0 Å². The standard InChI is InChI=1S/C5H4Cl2O2S2/c6-4-1-3(2-11(8)9)5(7)10-4/h1H,2H2,(H,8,9)/p-1. The van der Waals surface area contributed by atoms with Crippen LogP contribution in [0.4, 0.5) is 0 Å². The molecular weight excluding hydrogens is 227 g/mol. The third kappa shape index (κ3) is 2.72. The molecule has 1 heterocycles. The van der Waals surface area contributed by atoms with Gasteiger partial charge in [-0.15, -0.1) is 11.3 Å². The van der Waals surface area contributed by atoms with E-state index in [1.54, 1.807) is 6.07 Å². The van der Waals surface area contributed by atoms with E-state index in [0.717, 1.165) is 0 Å². The molecule has 6 heteroatoms. The summed E-state index contributed by atoms with van der Waals surface area (Å²) in [5.74, 6) is -0.0674. The van der Waals surface area contributed by atoms with Gasteiger partial charge in [-0.2, -0.15) is 0 Å². The quantitative estimate of drug-likeness (QED) is 0.732. The van der Waals surface area contributed by atoms with E-state index in [2.05, 4.69) is 0 Å². The zero-order valence-corrected chi connectivity index (χ0v) is 8.32. The summed E-state index contributed by atoms with van der Waals surface area (Å²) >= 11 is 10.3. The molecule has 0 spiro atoms. The van der Waals surface area contributed by atoms with Crippen LogP contribution in [0.1, 0.15) is 5.56 Å². The lowest BCUT2D eigenvalue weighted by Gasteiger charge is -2.01. The van der Waals surface area contributed by atoms with E-state index in [0.29, 0.717) is 14.2 Å². The fourth-order valence-electron chi connectivity index (χ4n) is 0.600. The van der Waals surface area contributed by atoms with Crippen LogP contribution in [0.2, 0.25) is 8.67 Å². The van der Waals surface area contributed by atoms with Crippen molar-refractivity contribution >= 4 is 45.6 Å². The zero-order valence-electron chi connectivity index (χ0n) is 5.17. The molecule has 62 valence electrons. The highest BCUT2D eigenvalue weighted by Gasteiger charge is 2.04. The Bertz CT molecular complexity index is 284. The molecule has 0 aliphatic heterocycles. The molecular formula is C5H3Cl2O2S2-. The molecule has 0 aromatic carbocycles. The second-order valence-corrected chi connectivity index (χ2v) is 4.98. The van der Waals surface area contributed by atoms with Gasteiger partial charge in [-0.3, -0.25) is 4.21 Å². The van der Waals surface area contributed by atoms with Crippen molar-refractivity contribution in [3.05, 3.63) is 20.3 Å². The van der Waals surface area contributed by atoms with Crippen molar-refractivity contribution in [1.29, 1.82) is 0 Å². The Morgan fingerprint density at radius 2 is 2.27 bits per heavy atom. The molecule has 0 amide bonds. The van der Waals surface area contributed by atoms with Crippen LogP contribution in [0.5, 0.6) is 0 Å². The van der Waals surface area contributed by atoms with Crippen molar-refractivity contribution in [2.24, 2.45) is 0 Å². The van der Waals surface area contributed by atoms with Crippen LogP contribution in [0.3, 0.4) is 0 Å². The molecule has 0 aliphatic rings. The fraction of sp³-hybridized carbons (Fsp3) is 0.200. The molecule has 1 unspecified atom stereocenters. The Labute approximate surface area is 80.4 Å². The molecule has 1 aromatic heterocycles. The number of halogens is 2. The first kappa shape index (κ1) is 9.48. The van der Waals surface area contributed by atoms with Crippen LogP contribution in [0.15, 0.2) is 6.07 Å². The summed E-state index contributed by atoms with van der Waals surface area (Å²) in [6, 6.07) is 1.56. The summed E-state index contributed by atoms with van der Waals surface area (Å²) in [4.78, 5) is 0.